The molecule has 2 aliphatic rings. The highest BCUT2D eigenvalue weighted by atomic mass is 16.5. The molecule has 27 heavy (non-hydrogen) atoms. The van der Waals surface area contributed by atoms with Gasteiger partial charge in [0.25, 0.3) is 0 Å². The molecule has 1 atom stereocenters. The Morgan fingerprint density at radius 1 is 1.22 bits per heavy atom. The van der Waals surface area contributed by atoms with Crippen molar-refractivity contribution in [3.8, 4) is 17.3 Å². The molecule has 0 N–H and O–H groups in total. The predicted molar refractivity (Wildman–Crippen MR) is 97.4 cm³/mol. The lowest BCUT2D eigenvalue weighted by Gasteiger charge is -2.33. The van der Waals surface area contributed by atoms with Crippen LogP contribution in [0.3, 0.4) is 0 Å². The van der Waals surface area contributed by atoms with Crippen molar-refractivity contribution >= 4 is 0 Å². The molecule has 2 aromatic rings. The number of aromatic nitrogens is 3. The fourth-order valence-corrected chi connectivity index (χ4v) is 3.85. The summed E-state index contributed by atoms with van der Waals surface area (Å²) in [6.45, 7) is 3.77. The molecule has 0 bridgehead atoms. The van der Waals surface area contributed by atoms with Gasteiger partial charge in [-0.15, -0.1) is 0 Å². The Morgan fingerprint density at radius 3 is 2.96 bits per heavy atom. The summed E-state index contributed by atoms with van der Waals surface area (Å²) in [5, 5.41) is 4.17. The van der Waals surface area contributed by atoms with Gasteiger partial charge in [-0.2, -0.15) is 4.98 Å². The molecule has 0 aliphatic carbocycles. The summed E-state index contributed by atoms with van der Waals surface area (Å²) in [7, 11) is 1.65. The normalized spacial score (nSPS) is 21.6. The molecule has 8 nitrogen and oxygen atoms in total. The van der Waals surface area contributed by atoms with Gasteiger partial charge in [-0.25, -0.2) is 0 Å². The molecule has 0 aromatic carbocycles. The van der Waals surface area contributed by atoms with Crippen LogP contribution in [0.5, 0.6) is 5.75 Å². The van der Waals surface area contributed by atoms with Crippen LogP contribution in [0.1, 0.15) is 37.6 Å². The number of likely N-dealkylation sites (tertiary alicyclic amines) is 1. The van der Waals surface area contributed by atoms with Gasteiger partial charge in [-0.3, -0.25) is 9.88 Å². The minimum Gasteiger partial charge on any atom is -0.491 e. The van der Waals surface area contributed by atoms with E-state index in [1.807, 2.05) is 12.1 Å². The van der Waals surface area contributed by atoms with E-state index in [0.717, 1.165) is 45.4 Å². The first-order valence-electron chi connectivity index (χ1n) is 9.60. The maximum absolute atomic E-state index is 5.64. The van der Waals surface area contributed by atoms with Gasteiger partial charge < -0.3 is 18.7 Å². The fourth-order valence-electron chi connectivity index (χ4n) is 3.85. The molecule has 0 saturated carbocycles. The summed E-state index contributed by atoms with van der Waals surface area (Å²) in [5.74, 6) is 1.90. The van der Waals surface area contributed by atoms with Gasteiger partial charge in [0, 0.05) is 38.6 Å². The Bertz CT molecular complexity index is 732. The predicted octanol–water partition coefficient (Wildman–Crippen LogP) is 2.47. The molecule has 4 heterocycles. The highest BCUT2D eigenvalue weighted by Crippen LogP contribution is 2.35. The fraction of sp³-hybridized carbons (Fsp3) is 0.632. The molecule has 2 aromatic heterocycles. The first kappa shape index (κ1) is 18.3. The van der Waals surface area contributed by atoms with Crippen LogP contribution in [0.25, 0.3) is 11.5 Å². The van der Waals surface area contributed by atoms with E-state index in [0.29, 0.717) is 42.4 Å². The number of hydrogen-bond acceptors (Lipinski definition) is 8. The van der Waals surface area contributed by atoms with Gasteiger partial charge in [-0.05, 0) is 38.3 Å². The maximum atomic E-state index is 5.64. The minimum atomic E-state index is 0.190. The summed E-state index contributed by atoms with van der Waals surface area (Å²) in [6.07, 6.45) is 6.03. The van der Waals surface area contributed by atoms with Crippen molar-refractivity contribution in [3.63, 3.8) is 0 Å². The monoisotopic (exact) mass is 374 g/mol. The molecular formula is C19H26N4O4. The zero-order chi connectivity index (χ0) is 18.5. The molecule has 0 amide bonds. The zero-order valence-corrected chi connectivity index (χ0v) is 15.7. The van der Waals surface area contributed by atoms with Crippen molar-refractivity contribution in [1.29, 1.82) is 0 Å². The number of hydrogen-bond donors (Lipinski definition) is 0. The first-order chi connectivity index (χ1) is 13.3. The summed E-state index contributed by atoms with van der Waals surface area (Å²) in [5.41, 5.74) is 0.649. The molecule has 146 valence electrons. The average Bonchev–Trinajstić information content (AvgIpc) is 3.39. The second-order valence-corrected chi connectivity index (χ2v) is 6.91. The van der Waals surface area contributed by atoms with Crippen LogP contribution in [0.2, 0.25) is 0 Å². The lowest BCUT2D eigenvalue weighted by atomic mass is 10.1. The minimum absolute atomic E-state index is 0.190. The maximum Gasteiger partial charge on any atom is 0.244 e. The van der Waals surface area contributed by atoms with E-state index in [1.165, 1.54) is 0 Å². The van der Waals surface area contributed by atoms with E-state index < -0.39 is 0 Å². The van der Waals surface area contributed by atoms with Gasteiger partial charge in [-0.1, -0.05) is 5.16 Å². The molecule has 0 spiro atoms. The topological polar surface area (TPSA) is 82.7 Å². The van der Waals surface area contributed by atoms with Gasteiger partial charge in [0.1, 0.15) is 18.1 Å². The lowest BCUT2D eigenvalue weighted by molar-refractivity contribution is 0.0243. The summed E-state index contributed by atoms with van der Waals surface area (Å²) in [6, 6.07) is 4.37. The molecule has 0 unspecified atom stereocenters. The number of rotatable bonds is 7. The molecule has 2 fully saturated rings. The summed E-state index contributed by atoms with van der Waals surface area (Å²) in [4.78, 5) is 11.5. The van der Waals surface area contributed by atoms with E-state index in [9.17, 15) is 0 Å². The second kappa shape index (κ2) is 8.77. The summed E-state index contributed by atoms with van der Waals surface area (Å²) >= 11 is 0. The quantitative estimate of drug-likeness (QED) is 0.684. The molecule has 2 saturated heterocycles. The number of methoxy groups -OCH3 is 1. The zero-order valence-electron chi connectivity index (χ0n) is 15.7. The van der Waals surface area contributed by atoms with Gasteiger partial charge in [0.15, 0.2) is 0 Å². The Labute approximate surface area is 158 Å². The number of nitrogens with zero attached hydrogens (tertiary/aromatic N) is 4. The Kier molecular flexibility index (Phi) is 5.96. The second-order valence-electron chi connectivity index (χ2n) is 6.91. The third-order valence-electron chi connectivity index (χ3n) is 5.20. The van der Waals surface area contributed by atoms with Crippen LogP contribution < -0.4 is 4.74 Å². The highest BCUT2D eigenvalue weighted by molar-refractivity contribution is 5.50. The van der Waals surface area contributed by atoms with Gasteiger partial charge in [0.2, 0.25) is 11.7 Å². The number of ether oxygens (including phenoxy) is 3. The van der Waals surface area contributed by atoms with Crippen molar-refractivity contribution in [3.05, 3.63) is 24.2 Å². The lowest BCUT2D eigenvalue weighted by Crippen LogP contribution is -2.39. The van der Waals surface area contributed by atoms with Crippen LogP contribution in [0.15, 0.2) is 22.9 Å². The van der Waals surface area contributed by atoms with E-state index in [-0.39, 0.29) is 6.04 Å². The first-order valence-corrected chi connectivity index (χ1v) is 9.60. The smallest absolute Gasteiger partial charge is 0.244 e. The van der Waals surface area contributed by atoms with Gasteiger partial charge in [0.05, 0.1) is 12.6 Å². The highest BCUT2D eigenvalue weighted by Gasteiger charge is 2.36. The Balaban J connectivity index is 1.47. The molecule has 4 rings (SSSR count). The van der Waals surface area contributed by atoms with Crippen molar-refractivity contribution < 1.29 is 18.7 Å². The van der Waals surface area contributed by atoms with E-state index in [1.54, 1.807) is 13.3 Å². The van der Waals surface area contributed by atoms with Crippen molar-refractivity contribution in [2.45, 2.75) is 37.8 Å². The SMILES string of the molecule is COCCOc1ccnc(-c2noc([C@H]3CCCN3C3CCOCC3)n2)c1. The van der Waals surface area contributed by atoms with E-state index >= 15 is 0 Å². The van der Waals surface area contributed by atoms with Crippen molar-refractivity contribution in [1.82, 2.24) is 20.0 Å². The Hall–Kier alpha value is -2.03. The van der Waals surface area contributed by atoms with Crippen LogP contribution >= 0.6 is 0 Å². The van der Waals surface area contributed by atoms with Crippen LogP contribution in [0, 0.1) is 0 Å². The van der Waals surface area contributed by atoms with Crippen LogP contribution in [0.4, 0.5) is 0 Å². The molecule has 8 heteroatoms. The molecule has 0 radical (unpaired) electrons. The van der Waals surface area contributed by atoms with E-state index in [4.69, 9.17) is 18.7 Å². The average molecular weight is 374 g/mol. The molecule has 2 aliphatic heterocycles. The van der Waals surface area contributed by atoms with Crippen molar-refractivity contribution in [2.24, 2.45) is 0 Å². The largest absolute Gasteiger partial charge is 0.491 e. The molecular weight excluding hydrogens is 348 g/mol. The van der Waals surface area contributed by atoms with E-state index in [2.05, 4.69) is 20.0 Å². The van der Waals surface area contributed by atoms with Crippen molar-refractivity contribution in [2.75, 3.05) is 40.1 Å². The Morgan fingerprint density at radius 2 is 2.11 bits per heavy atom. The van der Waals surface area contributed by atoms with Crippen LogP contribution in [-0.2, 0) is 9.47 Å². The van der Waals surface area contributed by atoms with Gasteiger partial charge >= 0.3 is 0 Å². The van der Waals surface area contributed by atoms with Crippen LogP contribution in [-0.4, -0.2) is 66.1 Å². The summed E-state index contributed by atoms with van der Waals surface area (Å²) < 4.78 is 21.8. The standard InChI is InChI=1S/C19H26N4O4/c1-24-11-12-26-15-4-7-20-16(13-15)18-21-19(27-22-18)17-3-2-8-23(17)14-5-9-25-10-6-14/h4,7,13-14,17H,2-3,5-6,8-12H2,1H3/t17-/m1/s1. The third-order valence-corrected chi connectivity index (χ3v) is 5.20. The third kappa shape index (κ3) is 4.28. The number of pyridine rings is 1.